The first-order chi connectivity index (χ1) is 9.36. The Balaban J connectivity index is 2.17. The molecule has 0 fully saturated rings. The molecule has 0 unspecified atom stereocenters. The number of hydrogen-bond acceptors (Lipinski definition) is 6. The van der Waals surface area contributed by atoms with Crippen LogP contribution in [0.4, 0.5) is 0 Å². The predicted octanol–water partition coefficient (Wildman–Crippen LogP) is 4.38. The molecule has 0 saturated carbocycles. The Morgan fingerprint density at radius 2 is 1.95 bits per heavy atom. The zero-order valence-electron chi connectivity index (χ0n) is 11.1. The van der Waals surface area contributed by atoms with Crippen LogP contribution in [0.2, 0.25) is 0 Å². The fourth-order valence-electron chi connectivity index (χ4n) is 1.43. The van der Waals surface area contributed by atoms with Crippen molar-refractivity contribution in [1.29, 1.82) is 0 Å². The van der Waals surface area contributed by atoms with Crippen molar-refractivity contribution < 1.29 is 0 Å². The van der Waals surface area contributed by atoms with Crippen molar-refractivity contribution >= 4 is 99.3 Å². The van der Waals surface area contributed by atoms with E-state index in [2.05, 4.69) is 17.5 Å². The summed E-state index contributed by atoms with van der Waals surface area (Å²) >= 11 is 1.71. The molecule has 0 aromatic heterocycles. The van der Waals surface area contributed by atoms with E-state index in [-0.39, 0.29) is 0 Å². The van der Waals surface area contributed by atoms with Gasteiger partial charge in [0.2, 0.25) is 16.3 Å². The molecule has 0 bridgehead atoms. The van der Waals surface area contributed by atoms with Crippen LogP contribution in [0, 0.1) is 0 Å². The van der Waals surface area contributed by atoms with Crippen molar-refractivity contribution in [3.8, 4) is 0 Å². The second-order valence-electron chi connectivity index (χ2n) is 3.76. The van der Waals surface area contributed by atoms with Gasteiger partial charge in [0, 0.05) is 0 Å². The van der Waals surface area contributed by atoms with Gasteiger partial charge < -0.3 is 0 Å². The molecule has 0 atom stereocenters. The Morgan fingerprint density at radius 3 is 2.74 bits per heavy atom. The third-order valence-electron chi connectivity index (χ3n) is 2.23. The molecule has 0 heterocycles. The maximum absolute atomic E-state index is 3.94. The fraction of sp³-hybridized carbons (Fsp3) is 0.545. The molecular weight excluding hydrogens is 378 g/mol. The van der Waals surface area contributed by atoms with Gasteiger partial charge in [-0.1, -0.05) is 0 Å². The van der Waals surface area contributed by atoms with Crippen LogP contribution in [0.15, 0.2) is 23.3 Å². The number of rotatable bonds is 11. The molecule has 1 aliphatic carbocycles. The Hall–Kier alpha value is 2.51. The average Bonchev–Trinajstić information content (AvgIpc) is 2.44. The normalized spacial score (nSPS) is 14.7. The van der Waals surface area contributed by atoms with Gasteiger partial charge in [-0.05, 0) is 4.61 Å². The first-order valence-electron chi connectivity index (χ1n) is 6.18. The summed E-state index contributed by atoms with van der Waals surface area (Å²) in [5.41, 5.74) is 3.16. The second-order valence-corrected chi connectivity index (χ2v) is 15.9. The molecule has 19 heavy (non-hydrogen) atoms. The molecule has 1 aliphatic rings. The third kappa shape index (κ3) is 10.8. The quantitative estimate of drug-likeness (QED) is 0.287. The van der Waals surface area contributed by atoms with E-state index in [0.29, 0.717) is 14.8 Å². The second kappa shape index (κ2) is 14.1. The molecule has 0 saturated heterocycles. The summed E-state index contributed by atoms with van der Waals surface area (Å²) in [4.78, 5) is 0. The van der Waals surface area contributed by atoms with Gasteiger partial charge >= 0.3 is 135 Å². The van der Waals surface area contributed by atoms with Crippen LogP contribution in [0.25, 0.3) is 0 Å². The van der Waals surface area contributed by atoms with Gasteiger partial charge in [0.05, 0.1) is 0 Å². The molecule has 0 nitrogen and oxygen atoms in total. The molecule has 1 rings (SSSR count). The van der Waals surface area contributed by atoms with E-state index < -0.39 is 0 Å². The van der Waals surface area contributed by atoms with E-state index >= 15 is 0 Å². The molecule has 0 aromatic carbocycles. The molecular formula is C11H18Al2S6. The number of hydrogen-bond donors (Lipinski definition) is 0. The van der Waals surface area contributed by atoms with Crippen molar-refractivity contribution in [3.63, 3.8) is 0 Å². The summed E-state index contributed by atoms with van der Waals surface area (Å²) in [6.07, 6.45) is 7.35. The van der Waals surface area contributed by atoms with Crippen LogP contribution in [-0.2, 0) is 0 Å². The fourth-order valence-corrected chi connectivity index (χ4v) is 13.4. The van der Waals surface area contributed by atoms with E-state index in [0.717, 1.165) is 0 Å². The molecule has 0 aliphatic heterocycles. The summed E-state index contributed by atoms with van der Waals surface area (Å²) in [5.74, 6) is 2.36. The Kier molecular flexibility index (Phi) is 14.5. The zero-order chi connectivity index (χ0) is 13.8. The molecule has 8 heteroatoms. The Labute approximate surface area is 154 Å². The first kappa shape index (κ1) is 19.6. The predicted molar refractivity (Wildman–Crippen MR) is 112 cm³/mol. The van der Waals surface area contributed by atoms with Gasteiger partial charge in [-0.15, -0.1) is 0 Å². The maximum atomic E-state index is 3.94. The SMILES string of the molecule is [CH2]=[Al][CH2]SSSCC1=CC(CSSS[CH2][AlH2])=CCC1. The monoisotopic (exact) mass is 396 g/mol. The number of allylic oxidation sites excluding steroid dienone is 2. The van der Waals surface area contributed by atoms with Crippen molar-refractivity contribution in [2.75, 3.05) is 20.7 Å². The zero-order valence-corrected chi connectivity index (χ0v) is 19.2. The standard InChI is InChI=1S/C10H14S6.CH2.2Al.2H/c1-11-15-13-7-9-4-3-5-10(6-9)8-14-16-12-2;;;;;/h4,6H,1-3,5,7-8H2;1H2;;;;. The Bertz CT molecular complexity index is 318. The van der Waals surface area contributed by atoms with Crippen LogP contribution >= 0.6 is 62.8 Å². The molecule has 0 aromatic rings. The van der Waals surface area contributed by atoms with Gasteiger partial charge in [0.15, 0.2) is 0 Å². The van der Waals surface area contributed by atoms with Gasteiger partial charge in [0.1, 0.15) is 0 Å². The van der Waals surface area contributed by atoms with Crippen LogP contribution in [0.3, 0.4) is 0 Å². The van der Waals surface area contributed by atoms with Gasteiger partial charge in [0.25, 0.3) is 0 Å². The molecule has 0 radical (unpaired) electrons. The Morgan fingerprint density at radius 1 is 1.16 bits per heavy atom. The van der Waals surface area contributed by atoms with E-state index in [1.807, 2.05) is 62.8 Å². The summed E-state index contributed by atoms with van der Waals surface area (Å²) in [6, 6.07) is 0. The van der Waals surface area contributed by atoms with E-state index in [1.165, 1.54) is 55.4 Å². The summed E-state index contributed by atoms with van der Waals surface area (Å²) in [7, 11) is 11.8. The summed E-state index contributed by atoms with van der Waals surface area (Å²) in [6.45, 7) is 0. The minimum atomic E-state index is 0.406. The summed E-state index contributed by atoms with van der Waals surface area (Å²) < 4.78 is 2.58. The van der Waals surface area contributed by atoms with Crippen LogP contribution in [0.5, 0.6) is 0 Å². The van der Waals surface area contributed by atoms with E-state index in [9.17, 15) is 0 Å². The van der Waals surface area contributed by atoms with E-state index in [1.54, 1.807) is 5.57 Å². The van der Waals surface area contributed by atoms with Crippen LogP contribution < -0.4 is 0 Å². The molecule has 0 amide bonds. The average molecular weight is 397 g/mol. The van der Waals surface area contributed by atoms with Crippen molar-refractivity contribution in [3.05, 3.63) is 23.3 Å². The molecule has 104 valence electrons. The van der Waals surface area contributed by atoms with Gasteiger partial charge in [-0.2, -0.15) is 0 Å². The minimum absolute atomic E-state index is 0.406. The van der Waals surface area contributed by atoms with Crippen LogP contribution in [-0.4, -0.2) is 57.2 Å². The van der Waals surface area contributed by atoms with Crippen molar-refractivity contribution in [2.24, 2.45) is 0 Å². The van der Waals surface area contributed by atoms with Crippen molar-refractivity contribution in [2.45, 2.75) is 12.8 Å². The van der Waals surface area contributed by atoms with E-state index in [4.69, 9.17) is 0 Å². The molecule has 0 spiro atoms. The first-order valence-corrected chi connectivity index (χ1v) is 16.9. The van der Waals surface area contributed by atoms with Crippen LogP contribution in [0.1, 0.15) is 12.8 Å². The van der Waals surface area contributed by atoms with Crippen molar-refractivity contribution in [1.82, 2.24) is 0 Å². The third-order valence-corrected chi connectivity index (χ3v) is 14.7. The topological polar surface area (TPSA) is 0 Å². The molecule has 0 N–H and O–H groups in total. The summed E-state index contributed by atoms with van der Waals surface area (Å²) in [5, 5.41) is 3.94. The van der Waals surface area contributed by atoms with Gasteiger partial charge in [-0.25, -0.2) is 0 Å². The van der Waals surface area contributed by atoms with Gasteiger partial charge in [-0.3, -0.25) is 0 Å².